The van der Waals surface area contributed by atoms with Gasteiger partial charge in [-0.25, -0.2) is 9.97 Å². The van der Waals surface area contributed by atoms with Crippen LogP contribution in [-0.4, -0.2) is 53.8 Å². The Morgan fingerprint density at radius 2 is 2.17 bits per heavy atom. The van der Waals surface area contributed by atoms with Crippen LogP contribution in [0.15, 0.2) is 24.5 Å². The van der Waals surface area contributed by atoms with Crippen molar-refractivity contribution in [3.8, 4) is 0 Å². The molecule has 2 saturated heterocycles. The summed E-state index contributed by atoms with van der Waals surface area (Å²) >= 11 is 0. The van der Waals surface area contributed by atoms with E-state index in [4.69, 9.17) is 4.74 Å². The van der Waals surface area contributed by atoms with Gasteiger partial charge in [-0.3, -0.25) is 4.90 Å². The molecular formula is C19H26N4O. The smallest absolute Gasteiger partial charge is 0.137 e. The summed E-state index contributed by atoms with van der Waals surface area (Å²) in [7, 11) is 0. The number of ether oxygens (including phenoxy) is 1. The molecule has 2 aliphatic rings. The minimum absolute atomic E-state index is 0.532. The lowest BCUT2D eigenvalue weighted by molar-refractivity contribution is 0.142. The van der Waals surface area contributed by atoms with Gasteiger partial charge < -0.3 is 10.1 Å². The Bertz CT molecular complexity index is 677. The van der Waals surface area contributed by atoms with Crippen LogP contribution in [0.25, 0.3) is 10.9 Å². The van der Waals surface area contributed by atoms with Gasteiger partial charge in [0.05, 0.1) is 12.1 Å². The summed E-state index contributed by atoms with van der Waals surface area (Å²) < 4.78 is 5.66. The van der Waals surface area contributed by atoms with Crippen molar-refractivity contribution in [3.05, 3.63) is 30.1 Å². The molecule has 2 atom stereocenters. The zero-order chi connectivity index (χ0) is 16.4. The lowest BCUT2D eigenvalue weighted by Gasteiger charge is -2.32. The van der Waals surface area contributed by atoms with Gasteiger partial charge in [0, 0.05) is 30.5 Å². The molecule has 4 rings (SSSR count). The van der Waals surface area contributed by atoms with Crippen molar-refractivity contribution in [1.82, 2.24) is 14.9 Å². The molecule has 128 valence electrons. The summed E-state index contributed by atoms with van der Waals surface area (Å²) in [6.45, 7) is 7.27. The minimum atomic E-state index is 0.532. The first-order valence-corrected chi connectivity index (χ1v) is 9.08. The molecule has 0 unspecified atom stereocenters. The topological polar surface area (TPSA) is 50.3 Å². The van der Waals surface area contributed by atoms with Crippen molar-refractivity contribution in [1.29, 1.82) is 0 Å². The number of nitrogens with zero attached hydrogens (tertiary/aromatic N) is 3. The highest BCUT2D eigenvalue weighted by Crippen LogP contribution is 2.26. The minimum Gasteiger partial charge on any atom is -0.381 e. The molecule has 0 spiro atoms. The SMILES string of the molecule is Cc1ccc2ncnc(NC[C@H]([C@@H]3CCOC3)N3CCCC3)c2c1. The van der Waals surface area contributed by atoms with Crippen LogP contribution in [-0.2, 0) is 4.74 Å². The molecule has 0 saturated carbocycles. The second-order valence-electron chi connectivity index (χ2n) is 7.06. The van der Waals surface area contributed by atoms with E-state index in [-0.39, 0.29) is 0 Å². The summed E-state index contributed by atoms with van der Waals surface area (Å²) in [5, 5.41) is 4.73. The lowest BCUT2D eigenvalue weighted by atomic mass is 9.97. The molecule has 0 aliphatic carbocycles. The van der Waals surface area contributed by atoms with Gasteiger partial charge in [-0.2, -0.15) is 0 Å². The highest BCUT2D eigenvalue weighted by molar-refractivity contribution is 5.89. The van der Waals surface area contributed by atoms with Crippen LogP contribution in [0.3, 0.4) is 0 Å². The number of hydrogen-bond acceptors (Lipinski definition) is 5. The van der Waals surface area contributed by atoms with E-state index in [0.717, 1.165) is 36.5 Å². The van der Waals surface area contributed by atoms with Crippen molar-refractivity contribution in [3.63, 3.8) is 0 Å². The van der Waals surface area contributed by atoms with Crippen LogP contribution >= 0.6 is 0 Å². The average Bonchev–Trinajstić information content (AvgIpc) is 3.29. The van der Waals surface area contributed by atoms with Gasteiger partial charge in [0.2, 0.25) is 0 Å². The summed E-state index contributed by atoms with van der Waals surface area (Å²) in [6, 6.07) is 6.87. The zero-order valence-corrected chi connectivity index (χ0v) is 14.4. The van der Waals surface area contributed by atoms with Gasteiger partial charge in [-0.15, -0.1) is 0 Å². The van der Waals surface area contributed by atoms with E-state index >= 15 is 0 Å². The van der Waals surface area contributed by atoms with Crippen molar-refractivity contribution >= 4 is 16.7 Å². The Morgan fingerprint density at radius 3 is 2.96 bits per heavy atom. The predicted molar refractivity (Wildman–Crippen MR) is 96.3 cm³/mol. The Kier molecular flexibility index (Phi) is 4.63. The number of aryl methyl sites for hydroxylation is 1. The first kappa shape index (κ1) is 15.8. The van der Waals surface area contributed by atoms with Crippen molar-refractivity contribution < 1.29 is 4.74 Å². The monoisotopic (exact) mass is 326 g/mol. The predicted octanol–water partition coefficient (Wildman–Crippen LogP) is 2.85. The average molecular weight is 326 g/mol. The first-order valence-electron chi connectivity index (χ1n) is 9.08. The Labute approximate surface area is 143 Å². The zero-order valence-electron chi connectivity index (χ0n) is 14.4. The van der Waals surface area contributed by atoms with Crippen LogP contribution in [0, 0.1) is 12.8 Å². The Morgan fingerprint density at radius 1 is 1.29 bits per heavy atom. The quantitative estimate of drug-likeness (QED) is 0.915. The number of anilines is 1. The largest absolute Gasteiger partial charge is 0.381 e. The molecular weight excluding hydrogens is 300 g/mol. The number of likely N-dealkylation sites (tertiary alicyclic amines) is 1. The fourth-order valence-corrected chi connectivity index (χ4v) is 4.04. The van der Waals surface area contributed by atoms with Crippen LogP contribution in [0.2, 0.25) is 0 Å². The van der Waals surface area contributed by atoms with Crippen LogP contribution in [0.4, 0.5) is 5.82 Å². The summed E-state index contributed by atoms with van der Waals surface area (Å²) in [5.74, 6) is 1.58. The molecule has 2 fully saturated rings. The first-order chi connectivity index (χ1) is 11.8. The Balaban J connectivity index is 1.54. The maximum atomic E-state index is 5.66. The van der Waals surface area contributed by atoms with Crippen LogP contribution < -0.4 is 5.32 Å². The maximum absolute atomic E-state index is 5.66. The molecule has 5 heteroatoms. The van der Waals surface area contributed by atoms with E-state index < -0.39 is 0 Å². The van der Waals surface area contributed by atoms with Gasteiger partial charge in [0.15, 0.2) is 0 Å². The number of aromatic nitrogens is 2. The molecule has 1 aromatic carbocycles. The van der Waals surface area contributed by atoms with E-state index in [1.807, 2.05) is 0 Å². The third-order valence-electron chi connectivity index (χ3n) is 5.39. The van der Waals surface area contributed by atoms with Crippen LogP contribution in [0.5, 0.6) is 0 Å². The molecule has 0 radical (unpaired) electrons. The van der Waals surface area contributed by atoms with Gasteiger partial charge in [0.1, 0.15) is 12.1 Å². The summed E-state index contributed by atoms with van der Waals surface area (Å²) in [6.07, 6.45) is 5.47. The van der Waals surface area contributed by atoms with Gasteiger partial charge in [0.25, 0.3) is 0 Å². The van der Waals surface area contributed by atoms with Crippen LogP contribution in [0.1, 0.15) is 24.8 Å². The number of benzene rings is 1. The second kappa shape index (κ2) is 7.03. The lowest BCUT2D eigenvalue weighted by Crippen LogP contribution is -2.44. The van der Waals surface area contributed by atoms with E-state index in [2.05, 4.69) is 45.3 Å². The molecule has 1 aromatic heterocycles. The number of nitrogens with one attached hydrogen (secondary N) is 1. The number of fused-ring (bicyclic) bond motifs is 1. The van der Waals surface area contributed by atoms with Gasteiger partial charge in [-0.05, 0) is 51.4 Å². The third kappa shape index (κ3) is 3.23. The fraction of sp³-hybridized carbons (Fsp3) is 0.579. The van der Waals surface area contributed by atoms with E-state index in [9.17, 15) is 0 Å². The molecule has 2 aliphatic heterocycles. The van der Waals surface area contributed by atoms with Crippen molar-refractivity contribution in [2.45, 2.75) is 32.2 Å². The maximum Gasteiger partial charge on any atom is 0.137 e. The van der Waals surface area contributed by atoms with E-state index in [1.165, 1.54) is 37.9 Å². The van der Waals surface area contributed by atoms with Gasteiger partial charge in [-0.1, -0.05) is 11.6 Å². The Hall–Kier alpha value is -1.72. The summed E-state index contributed by atoms with van der Waals surface area (Å²) in [4.78, 5) is 11.5. The highest BCUT2D eigenvalue weighted by Gasteiger charge is 2.31. The molecule has 3 heterocycles. The molecule has 0 amide bonds. The molecule has 24 heavy (non-hydrogen) atoms. The molecule has 0 bridgehead atoms. The van der Waals surface area contributed by atoms with Crippen molar-refractivity contribution in [2.24, 2.45) is 5.92 Å². The molecule has 5 nitrogen and oxygen atoms in total. The van der Waals surface area contributed by atoms with Crippen molar-refractivity contribution in [2.75, 3.05) is 38.2 Å². The molecule has 2 aromatic rings. The number of rotatable bonds is 5. The second-order valence-corrected chi connectivity index (χ2v) is 7.06. The molecule has 1 N–H and O–H groups in total. The fourth-order valence-electron chi connectivity index (χ4n) is 4.04. The summed E-state index contributed by atoms with van der Waals surface area (Å²) in [5.41, 5.74) is 2.24. The van der Waals surface area contributed by atoms with E-state index in [0.29, 0.717) is 12.0 Å². The van der Waals surface area contributed by atoms with Gasteiger partial charge >= 0.3 is 0 Å². The van der Waals surface area contributed by atoms with E-state index in [1.54, 1.807) is 6.33 Å². The normalized spacial score (nSPS) is 23.0. The standard InChI is InChI=1S/C19H26N4O/c1-14-4-5-17-16(10-14)19(22-13-21-17)20-11-18(15-6-9-24-12-15)23-7-2-3-8-23/h4-5,10,13,15,18H,2-3,6-9,11-12H2,1H3,(H,20,21,22)/t15-,18-/m1/s1. The third-order valence-corrected chi connectivity index (χ3v) is 5.39. The number of hydrogen-bond donors (Lipinski definition) is 1. The highest BCUT2D eigenvalue weighted by atomic mass is 16.5.